The second-order valence-electron chi connectivity index (χ2n) is 4.37. The van der Waals surface area contributed by atoms with E-state index in [2.05, 4.69) is 53.9 Å². The molecule has 0 aliphatic heterocycles. The summed E-state index contributed by atoms with van der Waals surface area (Å²) in [5, 5.41) is 0. The Morgan fingerprint density at radius 2 is 2.12 bits per heavy atom. The highest BCUT2D eigenvalue weighted by atomic mass is 79.9. The average molecular weight is 285 g/mol. The molecule has 0 spiro atoms. The molecule has 1 aromatic rings. The SMILES string of the molecule is CCC(C)CN(C)c1cc(Br)ccc1CN. The van der Waals surface area contributed by atoms with Crippen LogP contribution in [0.4, 0.5) is 5.69 Å². The van der Waals surface area contributed by atoms with Gasteiger partial charge in [0.2, 0.25) is 0 Å². The summed E-state index contributed by atoms with van der Waals surface area (Å²) < 4.78 is 1.11. The monoisotopic (exact) mass is 284 g/mol. The van der Waals surface area contributed by atoms with Crippen LogP contribution in [-0.2, 0) is 6.54 Å². The molecule has 0 saturated heterocycles. The maximum absolute atomic E-state index is 5.76. The number of nitrogens with zero attached hydrogens (tertiary/aromatic N) is 1. The third-order valence-corrected chi connectivity index (χ3v) is 3.45. The number of hydrogen-bond acceptors (Lipinski definition) is 2. The van der Waals surface area contributed by atoms with E-state index in [9.17, 15) is 0 Å². The summed E-state index contributed by atoms with van der Waals surface area (Å²) in [5.74, 6) is 0.703. The van der Waals surface area contributed by atoms with Crippen LogP contribution in [0.2, 0.25) is 0 Å². The van der Waals surface area contributed by atoms with Gasteiger partial charge in [-0.25, -0.2) is 0 Å². The predicted molar refractivity (Wildman–Crippen MR) is 74.8 cm³/mol. The zero-order valence-corrected chi connectivity index (χ0v) is 11.9. The number of hydrogen-bond donors (Lipinski definition) is 1. The molecule has 2 nitrogen and oxygen atoms in total. The highest BCUT2D eigenvalue weighted by molar-refractivity contribution is 9.10. The summed E-state index contributed by atoms with van der Waals surface area (Å²) >= 11 is 3.51. The molecule has 0 aromatic heterocycles. The summed E-state index contributed by atoms with van der Waals surface area (Å²) in [4.78, 5) is 2.29. The van der Waals surface area contributed by atoms with E-state index in [1.807, 2.05) is 6.07 Å². The smallest absolute Gasteiger partial charge is 0.0420 e. The van der Waals surface area contributed by atoms with E-state index in [1.165, 1.54) is 17.7 Å². The molecule has 90 valence electrons. The fourth-order valence-corrected chi connectivity index (χ4v) is 2.11. The Morgan fingerprint density at radius 1 is 1.44 bits per heavy atom. The first-order chi connectivity index (χ1) is 7.58. The van der Waals surface area contributed by atoms with Gasteiger partial charge in [-0.15, -0.1) is 0 Å². The highest BCUT2D eigenvalue weighted by Crippen LogP contribution is 2.25. The van der Waals surface area contributed by atoms with Gasteiger partial charge < -0.3 is 10.6 Å². The Labute approximate surface area is 107 Å². The first-order valence-electron chi connectivity index (χ1n) is 5.78. The highest BCUT2D eigenvalue weighted by Gasteiger charge is 2.09. The van der Waals surface area contributed by atoms with Gasteiger partial charge in [0.25, 0.3) is 0 Å². The van der Waals surface area contributed by atoms with Crippen LogP contribution in [0.15, 0.2) is 22.7 Å². The standard InChI is InChI=1S/C13H21BrN2/c1-4-10(2)9-16(3)13-7-12(14)6-5-11(13)8-15/h5-7,10H,4,8-9,15H2,1-3H3. The number of rotatable bonds is 5. The maximum Gasteiger partial charge on any atom is 0.0420 e. The van der Waals surface area contributed by atoms with E-state index in [0.29, 0.717) is 12.5 Å². The van der Waals surface area contributed by atoms with Crippen LogP contribution in [0.3, 0.4) is 0 Å². The quantitative estimate of drug-likeness (QED) is 0.898. The third kappa shape index (κ3) is 3.49. The van der Waals surface area contributed by atoms with Crippen molar-refractivity contribution in [3.8, 4) is 0 Å². The number of halogens is 1. The third-order valence-electron chi connectivity index (χ3n) is 2.96. The zero-order chi connectivity index (χ0) is 12.1. The molecule has 0 aliphatic carbocycles. The lowest BCUT2D eigenvalue weighted by Gasteiger charge is -2.25. The van der Waals surface area contributed by atoms with Crippen LogP contribution >= 0.6 is 15.9 Å². The van der Waals surface area contributed by atoms with Gasteiger partial charge in [0.05, 0.1) is 0 Å². The van der Waals surface area contributed by atoms with Crippen molar-refractivity contribution in [2.45, 2.75) is 26.8 Å². The van der Waals surface area contributed by atoms with Crippen LogP contribution in [-0.4, -0.2) is 13.6 Å². The van der Waals surface area contributed by atoms with E-state index in [-0.39, 0.29) is 0 Å². The van der Waals surface area contributed by atoms with Gasteiger partial charge in [0.15, 0.2) is 0 Å². The molecule has 0 radical (unpaired) electrons. The first-order valence-corrected chi connectivity index (χ1v) is 6.57. The van der Waals surface area contributed by atoms with Gasteiger partial charge >= 0.3 is 0 Å². The molecule has 0 bridgehead atoms. The molecular weight excluding hydrogens is 264 g/mol. The van der Waals surface area contributed by atoms with Crippen molar-refractivity contribution in [1.29, 1.82) is 0 Å². The summed E-state index contributed by atoms with van der Waals surface area (Å²) in [5.41, 5.74) is 8.20. The van der Waals surface area contributed by atoms with Crippen molar-refractivity contribution >= 4 is 21.6 Å². The summed E-state index contributed by atoms with van der Waals surface area (Å²) in [6, 6.07) is 6.28. The molecule has 1 aromatic carbocycles. The lowest BCUT2D eigenvalue weighted by atomic mass is 10.1. The van der Waals surface area contributed by atoms with E-state index in [1.54, 1.807) is 0 Å². The predicted octanol–water partition coefficient (Wildman–Crippen LogP) is 3.39. The number of benzene rings is 1. The molecule has 0 saturated carbocycles. The second kappa shape index (κ2) is 6.26. The van der Waals surface area contributed by atoms with Gasteiger partial charge in [-0.2, -0.15) is 0 Å². The van der Waals surface area contributed by atoms with Crippen molar-refractivity contribution < 1.29 is 0 Å². The Hall–Kier alpha value is -0.540. The van der Waals surface area contributed by atoms with E-state index >= 15 is 0 Å². The Balaban J connectivity index is 2.88. The summed E-state index contributed by atoms with van der Waals surface area (Å²) in [7, 11) is 2.13. The average Bonchev–Trinajstić information content (AvgIpc) is 2.28. The normalized spacial score (nSPS) is 12.6. The molecule has 0 fully saturated rings. The molecule has 0 aliphatic rings. The van der Waals surface area contributed by atoms with Crippen molar-refractivity contribution in [3.63, 3.8) is 0 Å². The van der Waals surface area contributed by atoms with Gasteiger partial charge in [0, 0.05) is 30.3 Å². The number of anilines is 1. The van der Waals surface area contributed by atoms with Crippen molar-refractivity contribution in [2.24, 2.45) is 11.7 Å². The topological polar surface area (TPSA) is 29.3 Å². The molecule has 0 heterocycles. The van der Waals surface area contributed by atoms with Gasteiger partial charge in [-0.3, -0.25) is 0 Å². The first kappa shape index (κ1) is 13.5. The molecule has 1 atom stereocenters. The summed E-state index contributed by atoms with van der Waals surface area (Å²) in [6.45, 7) is 6.16. The second-order valence-corrected chi connectivity index (χ2v) is 5.29. The van der Waals surface area contributed by atoms with Crippen LogP contribution < -0.4 is 10.6 Å². The molecule has 2 N–H and O–H groups in total. The van der Waals surface area contributed by atoms with Gasteiger partial charge in [-0.05, 0) is 23.6 Å². The van der Waals surface area contributed by atoms with Gasteiger partial charge in [0.1, 0.15) is 0 Å². The van der Waals surface area contributed by atoms with Crippen molar-refractivity contribution in [1.82, 2.24) is 0 Å². The lowest BCUT2D eigenvalue weighted by Crippen LogP contribution is -2.25. The minimum Gasteiger partial charge on any atom is -0.374 e. The van der Waals surface area contributed by atoms with E-state index < -0.39 is 0 Å². The lowest BCUT2D eigenvalue weighted by molar-refractivity contribution is 0.559. The van der Waals surface area contributed by atoms with Crippen LogP contribution in [0, 0.1) is 5.92 Å². The maximum atomic E-state index is 5.76. The molecule has 1 unspecified atom stereocenters. The van der Waals surface area contributed by atoms with Gasteiger partial charge in [-0.1, -0.05) is 42.3 Å². The molecule has 1 rings (SSSR count). The number of nitrogens with two attached hydrogens (primary N) is 1. The van der Waals surface area contributed by atoms with Crippen molar-refractivity contribution in [2.75, 3.05) is 18.5 Å². The molecule has 3 heteroatoms. The van der Waals surface area contributed by atoms with E-state index in [0.717, 1.165) is 11.0 Å². The Bertz CT molecular complexity index is 339. The molecule has 16 heavy (non-hydrogen) atoms. The Kier molecular flexibility index (Phi) is 5.29. The Morgan fingerprint density at radius 3 is 2.69 bits per heavy atom. The largest absolute Gasteiger partial charge is 0.374 e. The molecule has 0 amide bonds. The van der Waals surface area contributed by atoms with Crippen LogP contribution in [0.1, 0.15) is 25.8 Å². The van der Waals surface area contributed by atoms with Crippen molar-refractivity contribution in [3.05, 3.63) is 28.2 Å². The molecular formula is C13H21BrN2. The van der Waals surface area contributed by atoms with Crippen LogP contribution in [0.5, 0.6) is 0 Å². The zero-order valence-electron chi connectivity index (χ0n) is 10.3. The van der Waals surface area contributed by atoms with Crippen LogP contribution in [0.25, 0.3) is 0 Å². The minimum atomic E-state index is 0.591. The minimum absolute atomic E-state index is 0.591. The summed E-state index contributed by atoms with van der Waals surface area (Å²) in [6.07, 6.45) is 1.20. The fourth-order valence-electron chi connectivity index (χ4n) is 1.76. The van der Waals surface area contributed by atoms with E-state index in [4.69, 9.17) is 5.73 Å². The fraction of sp³-hybridized carbons (Fsp3) is 0.538.